The number of aliphatic hydroxyl groups is 4. The van der Waals surface area contributed by atoms with Crippen LogP contribution in [0.15, 0.2) is 0 Å². The van der Waals surface area contributed by atoms with Crippen molar-refractivity contribution >= 4 is 0 Å². The summed E-state index contributed by atoms with van der Waals surface area (Å²) >= 11 is 0. The molecule has 0 bridgehead atoms. The van der Waals surface area contributed by atoms with E-state index in [1.807, 2.05) is 0 Å². The second-order valence-electron chi connectivity index (χ2n) is 3.21. The Labute approximate surface area is 77.8 Å². The maximum absolute atomic E-state index is 9.52. The van der Waals surface area contributed by atoms with Crippen molar-refractivity contribution in [1.82, 2.24) is 0 Å². The SMILES string of the molecule is NC(CCO)(CCO)C(O)CCO. The summed E-state index contributed by atoms with van der Waals surface area (Å²) in [5.41, 5.74) is 4.77. The van der Waals surface area contributed by atoms with Gasteiger partial charge in [-0.1, -0.05) is 0 Å². The quantitative estimate of drug-likeness (QED) is 0.328. The maximum Gasteiger partial charge on any atom is 0.0743 e. The summed E-state index contributed by atoms with van der Waals surface area (Å²) in [6.45, 7) is -0.436. The van der Waals surface area contributed by atoms with Gasteiger partial charge in [0.1, 0.15) is 0 Å². The van der Waals surface area contributed by atoms with E-state index in [9.17, 15) is 5.11 Å². The van der Waals surface area contributed by atoms with Gasteiger partial charge in [-0.05, 0) is 19.3 Å². The Kier molecular flexibility index (Phi) is 6.19. The van der Waals surface area contributed by atoms with Crippen molar-refractivity contribution in [2.24, 2.45) is 5.73 Å². The largest absolute Gasteiger partial charge is 0.396 e. The molecular formula is C8H19NO4. The van der Waals surface area contributed by atoms with Gasteiger partial charge in [0.2, 0.25) is 0 Å². The van der Waals surface area contributed by atoms with Crippen molar-refractivity contribution in [2.45, 2.75) is 30.9 Å². The number of nitrogens with two attached hydrogens (primary N) is 1. The predicted octanol–water partition coefficient (Wildman–Crippen LogP) is -1.81. The number of hydrogen-bond donors (Lipinski definition) is 5. The second-order valence-corrected chi connectivity index (χ2v) is 3.21. The molecule has 0 heterocycles. The number of aliphatic hydroxyl groups excluding tert-OH is 4. The van der Waals surface area contributed by atoms with Gasteiger partial charge in [0.05, 0.1) is 6.10 Å². The molecule has 0 fully saturated rings. The van der Waals surface area contributed by atoms with Gasteiger partial charge in [-0.2, -0.15) is 0 Å². The molecule has 6 N–H and O–H groups in total. The molecule has 0 rings (SSSR count). The molecule has 0 spiro atoms. The molecule has 80 valence electrons. The fraction of sp³-hybridized carbons (Fsp3) is 1.00. The van der Waals surface area contributed by atoms with Gasteiger partial charge >= 0.3 is 0 Å². The van der Waals surface area contributed by atoms with Gasteiger partial charge in [0.15, 0.2) is 0 Å². The molecule has 13 heavy (non-hydrogen) atoms. The van der Waals surface area contributed by atoms with Crippen molar-refractivity contribution < 1.29 is 20.4 Å². The van der Waals surface area contributed by atoms with Crippen LogP contribution >= 0.6 is 0 Å². The molecule has 5 heteroatoms. The van der Waals surface area contributed by atoms with Gasteiger partial charge in [-0.3, -0.25) is 0 Å². The lowest BCUT2D eigenvalue weighted by atomic mass is 9.85. The highest BCUT2D eigenvalue weighted by molar-refractivity contribution is 4.90. The molecule has 0 aromatic rings. The smallest absolute Gasteiger partial charge is 0.0743 e. The fourth-order valence-corrected chi connectivity index (χ4v) is 1.28. The topological polar surface area (TPSA) is 107 Å². The summed E-state index contributed by atoms with van der Waals surface area (Å²) < 4.78 is 0. The van der Waals surface area contributed by atoms with Crippen LogP contribution in [0.25, 0.3) is 0 Å². The normalized spacial score (nSPS) is 14.5. The maximum atomic E-state index is 9.52. The Morgan fingerprint density at radius 2 is 1.46 bits per heavy atom. The minimum atomic E-state index is -0.994. The van der Waals surface area contributed by atoms with E-state index < -0.39 is 11.6 Å². The van der Waals surface area contributed by atoms with Crippen LogP contribution in [-0.2, 0) is 0 Å². The first kappa shape index (κ1) is 12.8. The standard InChI is InChI=1S/C8H19NO4/c9-8(2-5-11,3-6-12)7(13)1-4-10/h7,10-13H,1-6,9H2. The zero-order valence-corrected chi connectivity index (χ0v) is 7.69. The molecule has 0 amide bonds. The lowest BCUT2D eigenvalue weighted by Gasteiger charge is -2.33. The van der Waals surface area contributed by atoms with E-state index in [4.69, 9.17) is 21.1 Å². The minimum absolute atomic E-state index is 0.140. The third-order valence-corrected chi connectivity index (χ3v) is 2.22. The third-order valence-electron chi connectivity index (χ3n) is 2.22. The molecule has 1 atom stereocenters. The third kappa shape index (κ3) is 4.02. The summed E-state index contributed by atoms with van der Waals surface area (Å²) in [6, 6.07) is 0. The molecule has 0 aromatic heterocycles. The monoisotopic (exact) mass is 193 g/mol. The van der Waals surface area contributed by atoms with Crippen molar-refractivity contribution in [1.29, 1.82) is 0 Å². The summed E-state index contributed by atoms with van der Waals surface area (Å²) in [5, 5.41) is 35.5. The predicted molar refractivity (Wildman–Crippen MR) is 48.0 cm³/mol. The van der Waals surface area contributed by atoms with E-state index >= 15 is 0 Å². The summed E-state index contributed by atoms with van der Waals surface area (Å²) in [6.07, 6.45) is -0.295. The molecular weight excluding hydrogens is 174 g/mol. The van der Waals surface area contributed by atoms with Gasteiger partial charge in [-0.15, -0.1) is 0 Å². The Morgan fingerprint density at radius 3 is 1.77 bits per heavy atom. The zero-order chi connectivity index (χ0) is 10.3. The van der Waals surface area contributed by atoms with E-state index in [-0.39, 0.29) is 39.1 Å². The lowest BCUT2D eigenvalue weighted by Crippen LogP contribution is -2.52. The second kappa shape index (κ2) is 6.28. The Balaban J connectivity index is 4.18. The number of rotatable bonds is 7. The molecule has 0 aliphatic rings. The van der Waals surface area contributed by atoms with E-state index in [1.165, 1.54) is 0 Å². The Bertz CT molecular complexity index is 125. The molecule has 0 saturated heterocycles. The van der Waals surface area contributed by atoms with Crippen molar-refractivity contribution in [3.8, 4) is 0 Å². The number of hydrogen-bond acceptors (Lipinski definition) is 5. The average Bonchev–Trinajstić information content (AvgIpc) is 2.05. The molecule has 0 aromatic carbocycles. The van der Waals surface area contributed by atoms with E-state index in [1.54, 1.807) is 0 Å². The van der Waals surface area contributed by atoms with Crippen molar-refractivity contribution in [2.75, 3.05) is 19.8 Å². The first-order valence-electron chi connectivity index (χ1n) is 4.40. The Morgan fingerprint density at radius 1 is 1.00 bits per heavy atom. The van der Waals surface area contributed by atoms with Crippen molar-refractivity contribution in [3.05, 3.63) is 0 Å². The van der Waals surface area contributed by atoms with Gasteiger partial charge in [0, 0.05) is 25.4 Å². The van der Waals surface area contributed by atoms with Gasteiger partial charge in [0.25, 0.3) is 0 Å². The minimum Gasteiger partial charge on any atom is -0.396 e. The van der Waals surface area contributed by atoms with Crippen LogP contribution in [0.4, 0.5) is 0 Å². The van der Waals surface area contributed by atoms with Crippen LogP contribution in [0.3, 0.4) is 0 Å². The summed E-state index contributed by atoms with van der Waals surface area (Å²) in [7, 11) is 0. The first-order chi connectivity index (χ1) is 6.10. The first-order valence-corrected chi connectivity index (χ1v) is 4.40. The molecule has 0 aliphatic heterocycles. The van der Waals surface area contributed by atoms with Crippen LogP contribution < -0.4 is 5.73 Å². The van der Waals surface area contributed by atoms with Gasteiger partial charge < -0.3 is 26.2 Å². The zero-order valence-electron chi connectivity index (χ0n) is 7.69. The highest BCUT2D eigenvalue weighted by Crippen LogP contribution is 2.18. The van der Waals surface area contributed by atoms with Crippen LogP contribution in [0.1, 0.15) is 19.3 Å². The van der Waals surface area contributed by atoms with Gasteiger partial charge in [-0.25, -0.2) is 0 Å². The molecule has 0 aliphatic carbocycles. The highest BCUT2D eigenvalue weighted by atomic mass is 16.3. The lowest BCUT2D eigenvalue weighted by molar-refractivity contribution is 0.0312. The van der Waals surface area contributed by atoms with E-state index in [2.05, 4.69) is 0 Å². The van der Waals surface area contributed by atoms with Crippen LogP contribution in [-0.4, -0.2) is 51.9 Å². The Hall–Kier alpha value is -0.200. The van der Waals surface area contributed by atoms with Crippen LogP contribution in [0.2, 0.25) is 0 Å². The highest BCUT2D eigenvalue weighted by Gasteiger charge is 2.32. The summed E-state index contributed by atoms with van der Waals surface area (Å²) in [5.74, 6) is 0. The molecule has 0 radical (unpaired) electrons. The average molecular weight is 193 g/mol. The fourth-order valence-electron chi connectivity index (χ4n) is 1.28. The molecule has 1 unspecified atom stereocenters. The molecule has 0 saturated carbocycles. The van der Waals surface area contributed by atoms with Crippen LogP contribution in [0, 0.1) is 0 Å². The molecule has 5 nitrogen and oxygen atoms in total. The van der Waals surface area contributed by atoms with E-state index in [0.717, 1.165) is 0 Å². The van der Waals surface area contributed by atoms with E-state index in [0.29, 0.717) is 0 Å². The van der Waals surface area contributed by atoms with Crippen LogP contribution in [0.5, 0.6) is 0 Å². The summed E-state index contributed by atoms with van der Waals surface area (Å²) in [4.78, 5) is 0. The van der Waals surface area contributed by atoms with Crippen molar-refractivity contribution in [3.63, 3.8) is 0 Å².